The van der Waals surface area contributed by atoms with Crippen LogP contribution in [0.1, 0.15) is 36.1 Å². The largest absolute Gasteiger partial charge is 0.313 e. The third kappa shape index (κ3) is 4.05. The fraction of sp³-hybridized carbons (Fsp3) is 0.333. The highest BCUT2D eigenvalue weighted by molar-refractivity contribution is 6.30. The molecule has 2 aromatic carbocycles. The minimum Gasteiger partial charge on any atom is -0.313 e. The van der Waals surface area contributed by atoms with Crippen LogP contribution in [-0.2, 0) is 12.8 Å². The fourth-order valence-electron chi connectivity index (χ4n) is 2.57. The van der Waals surface area contributed by atoms with E-state index in [2.05, 4.69) is 36.5 Å². The Hall–Kier alpha value is -1.38. The average molecular weight is 306 g/mol. The van der Waals surface area contributed by atoms with Crippen molar-refractivity contribution < 1.29 is 4.39 Å². The van der Waals surface area contributed by atoms with Crippen LogP contribution in [0.3, 0.4) is 0 Å². The lowest BCUT2D eigenvalue weighted by molar-refractivity contribution is 0.554. The first-order chi connectivity index (χ1) is 10.2. The number of nitrogens with one attached hydrogen (secondary N) is 1. The Labute approximate surface area is 131 Å². The van der Waals surface area contributed by atoms with Crippen LogP contribution in [-0.4, -0.2) is 7.05 Å². The molecular formula is C18H21ClFN. The fourth-order valence-corrected chi connectivity index (χ4v) is 2.76. The topological polar surface area (TPSA) is 12.0 Å². The molecule has 1 N–H and O–H groups in total. The van der Waals surface area contributed by atoms with Gasteiger partial charge in [0.1, 0.15) is 5.82 Å². The molecule has 2 aromatic rings. The smallest absolute Gasteiger partial charge is 0.145 e. The summed E-state index contributed by atoms with van der Waals surface area (Å²) in [6.07, 6.45) is 2.77. The van der Waals surface area contributed by atoms with Crippen molar-refractivity contribution in [3.8, 4) is 0 Å². The highest BCUT2D eigenvalue weighted by Gasteiger charge is 2.14. The minimum absolute atomic E-state index is 0.0785. The Morgan fingerprint density at radius 2 is 1.95 bits per heavy atom. The molecule has 0 aliphatic heterocycles. The molecule has 0 amide bonds. The standard InChI is InChI=1S/C18H21ClFN/c1-3-6-13-7-4-8-14(11-13)17(21-2)12-15-9-5-10-16(19)18(15)20/h4-5,7-11,17,21H,3,6,12H2,1-2H3. The molecule has 0 radical (unpaired) electrons. The Balaban J connectivity index is 2.23. The number of benzene rings is 2. The van der Waals surface area contributed by atoms with E-state index >= 15 is 0 Å². The molecule has 0 bridgehead atoms. The third-order valence-corrected chi connectivity index (χ3v) is 3.99. The van der Waals surface area contributed by atoms with Gasteiger partial charge in [0.25, 0.3) is 0 Å². The normalized spacial score (nSPS) is 12.4. The zero-order valence-electron chi connectivity index (χ0n) is 12.5. The van der Waals surface area contributed by atoms with E-state index in [0.29, 0.717) is 12.0 Å². The number of likely N-dealkylation sites (N-methyl/N-ethyl adjacent to an activating group) is 1. The zero-order valence-corrected chi connectivity index (χ0v) is 13.3. The summed E-state index contributed by atoms with van der Waals surface area (Å²) in [4.78, 5) is 0. The van der Waals surface area contributed by atoms with Gasteiger partial charge in [0.15, 0.2) is 0 Å². The van der Waals surface area contributed by atoms with Crippen molar-refractivity contribution in [2.24, 2.45) is 0 Å². The summed E-state index contributed by atoms with van der Waals surface area (Å²) in [6, 6.07) is 13.7. The number of rotatable bonds is 6. The van der Waals surface area contributed by atoms with Gasteiger partial charge in [-0.3, -0.25) is 0 Å². The molecule has 0 aliphatic carbocycles. The third-order valence-electron chi connectivity index (χ3n) is 3.70. The highest BCUT2D eigenvalue weighted by Crippen LogP contribution is 2.24. The maximum absolute atomic E-state index is 14.1. The lowest BCUT2D eigenvalue weighted by Crippen LogP contribution is -2.19. The molecule has 1 nitrogen and oxygen atoms in total. The van der Waals surface area contributed by atoms with Crippen LogP contribution >= 0.6 is 11.6 Å². The lowest BCUT2D eigenvalue weighted by atomic mass is 9.96. The van der Waals surface area contributed by atoms with Gasteiger partial charge in [0.2, 0.25) is 0 Å². The maximum Gasteiger partial charge on any atom is 0.145 e. The molecule has 1 unspecified atom stereocenters. The van der Waals surface area contributed by atoms with Crippen LogP contribution in [0.25, 0.3) is 0 Å². The summed E-state index contributed by atoms with van der Waals surface area (Å²) >= 11 is 5.86. The SMILES string of the molecule is CCCc1cccc(C(Cc2cccc(Cl)c2F)NC)c1. The van der Waals surface area contributed by atoms with E-state index in [1.807, 2.05) is 7.05 Å². The van der Waals surface area contributed by atoms with Crippen molar-refractivity contribution in [3.05, 3.63) is 70.0 Å². The van der Waals surface area contributed by atoms with Crippen molar-refractivity contribution in [2.45, 2.75) is 32.2 Å². The van der Waals surface area contributed by atoms with E-state index in [4.69, 9.17) is 11.6 Å². The van der Waals surface area contributed by atoms with Gasteiger partial charge in [-0.15, -0.1) is 0 Å². The van der Waals surface area contributed by atoms with Gasteiger partial charge in [-0.05, 0) is 42.6 Å². The first-order valence-corrected chi connectivity index (χ1v) is 7.72. The molecule has 21 heavy (non-hydrogen) atoms. The van der Waals surface area contributed by atoms with E-state index in [1.165, 1.54) is 11.1 Å². The van der Waals surface area contributed by atoms with Crippen molar-refractivity contribution in [2.75, 3.05) is 7.05 Å². The maximum atomic E-state index is 14.1. The van der Waals surface area contributed by atoms with E-state index in [0.717, 1.165) is 12.8 Å². The van der Waals surface area contributed by atoms with Gasteiger partial charge in [-0.1, -0.05) is 61.3 Å². The molecule has 2 rings (SSSR count). The first-order valence-electron chi connectivity index (χ1n) is 7.34. The first kappa shape index (κ1) is 16.0. The van der Waals surface area contributed by atoms with Crippen molar-refractivity contribution in [3.63, 3.8) is 0 Å². The molecule has 112 valence electrons. The molecule has 0 saturated carbocycles. The average Bonchev–Trinajstić information content (AvgIpc) is 2.49. The van der Waals surface area contributed by atoms with Crippen LogP contribution < -0.4 is 5.32 Å². The van der Waals surface area contributed by atoms with Gasteiger partial charge < -0.3 is 5.32 Å². The van der Waals surface area contributed by atoms with Gasteiger partial charge in [0.05, 0.1) is 5.02 Å². The van der Waals surface area contributed by atoms with Gasteiger partial charge in [0, 0.05) is 6.04 Å². The van der Waals surface area contributed by atoms with E-state index in [1.54, 1.807) is 18.2 Å². The Kier molecular flexibility index (Phi) is 5.77. The summed E-state index contributed by atoms with van der Waals surface area (Å²) in [6.45, 7) is 2.17. The predicted molar refractivity (Wildman–Crippen MR) is 87.4 cm³/mol. The predicted octanol–water partition coefficient (Wildman–Crippen LogP) is 4.93. The Bertz CT molecular complexity index is 598. The molecule has 0 fully saturated rings. The second-order valence-electron chi connectivity index (χ2n) is 5.25. The second kappa shape index (κ2) is 7.58. The van der Waals surface area contributed by atoms with Crippen LogP contribution in [0.5, 0.6) is 0 Å². The minimum atomic E-state index is -0.316. The molecule has 0 aromatic heterocycles. The van der Waals surface area contributed by atoms with Crippen LogP contribution in [0, 0.1) is 5.82 Å². The number of hydrogen-bond donors (Lipinski definition) is 1. The summed E-state index contributed by atoms with van der Waals surface area (Å²) in [7, 11) is 1.90. The Morgan fingerprint density at radius 3 is 2.67 bits per heavy atom. The Morgan fingerprint density at radius 1 is 1.19 bits per heavy atom. The van der Waals surface area contributed by atoms with E-state index in [9.17, 15) is 4.39 Å². The summed E-state index contributed by atoms with van der Waals surface area (Å²) in [5.41, 5.74) is 3.15. The molecule has 0 saturated heterocycles. The number of halogens is 2. The van der Waals surface area contributed by atoms with Gasteiger partial charge >= 0.3 is 0 Å². The van der Waals surface area contributed by atoms with Gasteiger partial charge in [-0.2, -0.15) is 0 Å². The lowest BCUT2D eigenvalue weighted by Gasteiger charge is -2.18. The van der Waals surface area contributed by atoms with Gasteiger partial charge in [-0.25, -0.2) is 4.39 Å². The number of hydrogen-bond acceptors (Lipinski definition) is 1. The monoisotopic (exact) mass is 305 g/mol. The van der Waals surface area contributed by atoms with Crippen LogP contribution in [0.15, 0.2) is 42.5 Å². The quantitative estimate of drug-likeness (QED) is 0.797. The summed E-state index contributed by atoms with van der Waals surface area (Å²) in [5.74, 6) is -0.316. The van der Waals surface area contributed by atoms with Crippen molar-refractivity contribution in [1.82, 2.24) is 5.32 Å². The molecule has 0 spiro atoms. The van der Waals surface area contributed by atoms with Crippen molar-refractivity contribution >= 4 is 11.6 Å². The molecule has 0 heterocycles. The van der Waals surface area contributed by atoms with E-state index in [-0.39, 0.29) is 16.9 Å². The van der Waals surface area contributed by atoms with E-state index < -0.39 is 0 Å². The van der Waals surface area contributed by atoms with Crippen LogP contribution in [0.2, 0.25) is 5.02 Å². The summed E-state index contributed by atoms with van der Waals surface area (Å²) in [5, 5.41) is 3.46. The molecule has 1 atom stereocenters. The highest BCUT2D eigenvalue weighted by atomic mass is 35.5. The molecule has 0 aliphatic rings. The number of aryl methyl sites for hydroxylation is 1. The molecular weight excluding hydrogens is 285 g/mol. The van der Waals surface area contributed by atoms with Crippen molar-refractivity contribution in [1.29, 1.82) is 0 Å². The van der Waals surface area contributed by atoms with Crippen LogP contribution in [0.4, 0.5) is 4.39 Å². The summed E-state index contributed by atoms with van der Waals surface area (Å²) < 4.78 is 14.1. The zero-order chi connectivity index (χ0) is 15.2. The molecule has 3 heteroatoms. The second-order valence-corrected chi connectivity index (χ2v) is 5.66.